The number of benzene rings is 2. The Kier molecular flexibility index (Phi) is 15.5. The number of carbonyl (C=O) groups is 6. The van der Waals surface area contributed by atoms with Crippen LogP contribution in [0.25, 0.3) is 23.5 Å². The van der Waals surface area contributed by atoms with Crippen molar-refractivity contribution in [2.24, 2.45) is 11.8 Å². The van der Waals surface area contributed by atoms with E-state index in [1.165, 1.54) is 12.8 Å². The molecule has 0 aromatic heterocycles. The quantitative estimate of drug-likeness (QED) is 0.109. The second-order valence-corrected chi connectivity index (χ2v) is 14.3. The average molecular weight is 829 g/mol. The fraction of sp³-hybridized carbons (Fsp3) is 0.381. The van der Waals surface area contributed by atoms with Crippen LogP contribution in [0.15, 0.2) is 46.6 Å². The molecule has 2 aromatic carbocycles. The summed E-state index contributed by atoms with van der Waals surface area (Å²) in [5, 5.41) is 19.6. The van der Waals surface area contributed by atoms with Crippen molar-refractivity contribution in [1.82, 2.24) is 10.6 Å². The van der Waals surface area contributed by atoms with Crippen LogP contribution >= 0.6 is 0 Å². The number of rotatable bonds is 12. The maximum atomic E-state index is 12.9. The summed E-state index contributed by atoms with van der Waals surface area (Å²) in [4.78, 5) is 69.9. The predicted molar refractivity (Wildman–Crippen MR) is 210 cm³/mol. The molecule has 0 aliphatic heterocycles. The number of nitrogens with one attached hydrogen (secondary N) is 6. The van der Waals surface area contributed by atoms with E-state index >= 15 is 0 Å². The average Bonchev–Trinajstić information content (AvgIpc) is 3.73. The second-order valence-electron chi connectivity index (χ2n) is 14.3. The Bertz CT molecular complexity index is 2000. The molecule has 4 aliphatic carbocycles. The van der Waals surface area contributed by atoms with Crippen molar-refractivity contribution in [3.8, 4) is 0 Å². The molecule has 2 saturated carbocycles. The summed E-state index contributed by atoms with van der Waals surface area (Å²) < 4.78 is 0. The summed E-state index contributed by atoms with van der Waals surface area (Å²) in [6.07, 6.45) is 19.1. The van der Waals surface area contributed by atoms with Gasteiger partial charge in [-0.25, -0.2) is 0 Å². The van der Waals surface area contributed by atoms with Crippen molar-refractivity contribution in [2.45, 2.75) is 91.9 Å². The molecule has 0 spiro atoms. The first-order chi connectivity index (χ1) is 26.1. The molecular formula is C42H48MoN6O6. The molecule has 0 radical (unpaired) electrons. The van der Waals surface area contributed by atoms with Crippen LogP contribution in [0.4, 0.5) is 22.7 Å². The van der Waals surface area contributed by atoms with Gasteiger partial charge in [0.25, 0.3) is 0 Å². The number of anilines is 4. The van der Waals surface area contributed by atoms with Crippen molar-refractivity contribution in [2.75, 3.05) is 21.3 Å². The van der Waals surface area contributed by atoms with Gasteiger partial charge >= 0.3 is 21.1 Å². The maximum absolute atomic E-state index is 12.9. The Morgan fingerprint density at radius 3 is 1.20 bits per heavy atom. The van der Waals surface area contributed by atoms with Gasteiger partial charge in [-0.1, -0.05) is 88.8 Å². The van der Waals surface area contributed by atoms with E-state index in [0.29, 0.717) is 70.2 Å². The third kappa shape index (κ3) is 9.78. The van der Waals surface area contributed by atoms with E-state index < -0.39 is 0 Å². The zero-order chi connectivity index (χ0) is 38.8. The van der Waals surface area contributed by atoms with Crippen LogP contribution in [0.2, 0.25) is 0 Å². The number of hydrogen-bond acceptors (Lipinski definition) is 6. The molecule has 2 fully saturated rings. The summed E-state index contributed by atoms with van der Waals surface area (Å²) in [6, 6.07) is 7.06. The van der Waals surface area contributed by atoms with Gasteiger partial charge < -0.3 is 31.9 Å². The van der Waals surface area contributed by atoms with Gasteiger partial charge in [0.2, 0.25) is 37.5 Å². The van der Waals surface area contributed by atoms with Crippen molar-refractivity contribution in [3.05, 3.63) is 67.4 Å². The summed E-state index contributed by atoms with van der Waals surface area (Å²) >= 11 is 0. The molecule has 12 nitrogen and oxygen atoms in total. The molecule has 2 aromatic rings. The van der Waals surface area contributed by atoms with E-state index in [2.05, 4.69) is 44.1 Å². The van der Waals surface area contributed by atoms with Crippen LogP contribution in [-0.4, -0.2) is 37.5 Å². The number of allylic oxidation sites excluding steroid dienone is 2. The second kappa shape index (κ2) is 20.0. The first-order valence-corrected chi connectivity index (χ1v) is 18.5. The summed E-state index contributed by atoms with van der Waals surface area (Å²) in [6.45, 7) is 7.83. The van der Waals surface area contributed by atoms with Gasteiger partial charge in [0.1, 0.15) is 0 Å². The van der Waals surface area contributed by atoms with Crippen LogP contribution in [0, 0.1) is 11.8 Å². The maximum Gasteiger partial charge on any atom is 2.00 e. The molecule has 0 heterocycles. The molecule has 0 bridgehead atoms. The largest absolute Gasteiger partial charge is 2.00 e. The molecule has 0 saturated heterocycles. The molecule has 6 rings (SSSR count). The van der Waals surface area contributed by atoms with Crippen molar-refractivity contribution >= 4 is 83.8 Å². The van der Waals surface area contributed by atoms with Gasteiger partial charge in [-0.3, -0.25) is 28.8 Å². The van der Waals surface area contributed by atoms with Crippen molar-refractivity contribution in [1.29, 1.82) is 0 Å². The molecule has 288 valence electrons. The summed E-state index contributed by atoms with van der Waals surface area (Å²) in [5.41, 5.74) is 6.76. The number of hydrogen-bond donors (Lipinski definition) is 6. The predicted octanol–water partition coefficient (Wildman–Crippen LogP) is 3.27. The number of amides is 6. The smallest absolute Gasteiger partial charge is 0.363 e. The fourth-order valence-electron chi connectivity index (χ4n) is 7.54. The molecule has 55 heavy (non-hydrogen) atoms. The molecule has 0 unspecified atom stereocenters. The molecule has 4 aliphatic rings. The Morgan fingerprint density at radius 1 is 0.545 bits per heavy atom. The fourth-order valence-corrected chi connectivity index (χ4v) is 7.54. The minimum atomic E-state index is 0. The first-order valence-electron chi connectivity index (χ1n) is 18.5. The molecule has 6 amide bonds. The van der Waals surface area contributed by atoms with Gasteiger partial charge in [-0.2, -0.15) is 0 Å². The van der Waals surface area contributed by atoms with Crippen LogP contribution in [0.5, 0.6) is 0 Å². The van der Waals surface area contributed by atoms with Crippen molar-refractivity contribution in [3.63, 3.8) is 0 Å². The van der Waals surface area contributed by atoms with Gasteiger partial charge in [-0.15, -0.1) is 57.0 Å². The number of fused-ring (bicyclic) bond motifs is 2. The van der Waals surface area contributed by atoms with Crippen LogP contribution < -0.4 is 52.8 Å². The summed E-state index contributed by atoms with van der Waals surface area (Å²) in [7, 11) is 0. The Morgan fingerprint density at radius 2 is 0.891 bits per heavy atom. The Hall–Kier alpha value is -5.09. The topological polar surface area (TPSA) is 175 Å². The van der Waals surface area contributed by atoms with E-state index in [-0.39, 0.29) is 44.7 Å². The zero-order valence-electron chi connectivity index (χ0n) is 31.7. The molecular weight excluding hydrogens is 780 g/mol. The van der Waals surface area contributed by atoms with E-state index in [0.717, 1.165) is 84.1 Å². The van der Waals surface area contributed by atoms with Gasteiger partial charge in [-0.05, 0) is 37.1 Å². The third-order valence-electron chi connectivity index (χ3n) is 10.2. The monoisotopic (exact) mass is 830 g/mol. The molecule has 6 N–H and O–H groups in total. The molecule has 0 atom stereocenters. The Labute approximate surface area is 335 Å². The van der Waals surface area contributed by atoms with Crippen molar-refractivity contribution < 1.29 is 49.8 Å². The first kappa shape index (κ1) is 42.6. The van der Waals surface area contributed by atoms with E-state index in [1.54, 1.807) is 12.1 Å². The van der Waals surface area contributed by atoms with E-state index in [4.69, 9.17) is 0 Å². The molecule has 13 heteroatoms. The standard InChI is InChI=1S/2C21H24N3O3.Mo/c2*1-13(2)16-10-15-8-9-17(22-11-25)20(23-12-26)18(15)19(16)24-21(27)14-6-4-3-5-7-14;/h2*8-9,11-12,14H,3-7H2,1-2H3,(H,22,25)(H,23,26)(H,24,27);/q2*-1;+2. The third-order valence-corrected chi connectivity index (χ3v) is 10.2. The van der Waals surface area contributed by atoms with Gasteiger partial charge in [0, 0.05) is 34.6 Å². The van der Waals surface area contributed by atoms with Crippen LogP contribution in [0.3, 0.4) is 0 Å². The SMILES string of the molecule is CC(C)=C1[C-]=c2ccc(NC=O)c(NC=O)c2=C1NC(=O)C1CCCCC1.CC(C)=C1[C-]=c2ccc(NC=O)c(NC=O)c2=C1NC(=O)C1CCCCC1.[Mo+2]. The number of carbonyl (C=O) groups excluding carboxylic acids is 6. The van der Waals surface area contributed by atoms with E-state index in [1.807, 2.05) is 39.8 Å². The van der Waals surface area contributed by atoms with Crippen LogP contribution in [0.1, 0.15) is 91.9 Å². The normalized spacial score (nSPS) is 15.9. The van der Waals surface area contributed by atoms with Crippen LogP contribution in [-0.2, 0) is 49.8 Å². The minimum absolute atomic E-state index is 0. The van der Waals surface area contributed by atoms with Gasteiger partial charge in [0.15, 0.2) is 0 Å². The van der Waals surface area contributed by atoms with E-state index in [9.17, 15) is 28.8 Å². The van der Waals surface area contributed by atoms with Gasteiger partial charge in [0.05, 0.1) is 0 Å². The zero-order valence-corrected chi connectivity index (χ0v) is 33.7. The Balaban J connectivity index is 0.000000240. The minimum Gasteiger partial charge on any atom is -0.363 e. The summed E-state index contributed by atoms with van der Waals surface area (Å²) in [5.74, 6) is 0.0211.